The average molecular weight is 663 g/mol. The summed E-state index contributed by atoms with van der Waals surface area (Å²) in [6.07, 6.45) is 1.78. The van der Waals surface area contributed by atoms with Gasteiger partial charge in [0.25, 0.3) is 0 Å². The minimum absolute atomic E-state index is 0.0778. The van der Waals surface area contributed by atoms with Crippen molar-refractivity contribution in [2.45, 2.75) is 96.9 Å². The molecule has 0 aliphatic carbocycles. The van der Waals surface area contributed by atoms with Gasteiger partial charge in [0.05, 0.1) is 0 Å². The second-order valence-corrected chi connectivity index (χ2v) is 13.2. The van der Waals surface area contributed by atoms with Crippen LogP contribution in [-0.4, -0.2) is 77.1 Å². The van der Waals surface area contributed by atoms with Gasteiger partial charge in [-0.2, -0.15) is 0 Å². The Hall–Kier alpha value is -4.74. The van der Waals surface area contributed by atoms with Crippen LogP contribution < -0.4 is 27.0 Å². The first-order chi connectivity index (χ1) is 22.8. The second kappa shape index (κ2) is 18.0. The lowest BCUT2D eigenvalue weighted by atomic mass is 9.98. The molecule has 1 fully saturated rings. The van der Waals surface area contributed by atoms with Gasteiger partial charge >= 0.3 is 0 Å². The van der Waals surface area contributed by atoms with Crippen LogP contribution in [0.4, 0.5) is 0 Å². The number of nitrogens with two attached hydrogens (primary N) is 1. The molecular weight excluding hydrogens is 612 g/mol. The molecule has 3 rings (SSSR count). The predicted molar refractivity (Wildman–Crippen MR) is 182 cm³/mol. The van der Waals surface area contributed by atoms with E-state index in [1.807, 2.05) is 74.5 Å². The highest BCUT2D eigenvalue weighted by Crippen LogP contribution is 2.18. The van der Waals surface area contributed by atoms with Crippen molar-refractivity contribution >= 4 is 35.4 Å². The Morgan fingerprint density at radius 1 is 0.729 bits per heavy atom. The molecule has 0 saturated carbocycles. The summed E-state index contributed by atoms with van der Waals surface area (Å²) in [4.78, 5) is 80.3. The van der Waals surface area contributed by atoms with Gasteiger partial charge in [-0.25, -0.2) is 0 Å². The van der Waals surface area contributed by atoms with Crippen molar-refractivity contribution in [2.24, 2.45) is 17.6 Å². The molecule has 48 heavy (non-hydrogen) atoms. The second-order valence-electron chi connectivity index (χ2n) is 13.2. The molecule has 5 atom stereocenters. The lowest BCUT2D eigenvalue weighted by molar-refractivity contribution is -0.138. The number of benzene rings is 2. The van der Waals surface area contributed by atoms with Crippen molar-refractivity contribution in [3.63, 3.8) is 0 Å². The smallest absolute Gasteiger partial charge is 0.243 e. The van der Waals surface area contributed by atoms with Crippen molar-refractivity contribution < 1.29 is 28.8 Å². The highest BCUT2D eigenvalue weighted by Gasteiger charge is 2.36. The molecule has 2 aromatic rings. The fourth-order valence-electron chi connectivity index (χ4n) is 5.84. The van der Waals surface area contributed by atoms with Gasteiger partial charge < -0.3 is 31.9 Å². The lowest BCUT2D eigenvalue weighted by Crippen LogP contribution is -2.60. The highest BCUT2D eigenvalue weighted by atomic mass is 16.2. The van der Waals surface area contributed by atoms with Gasteiger partial charge in [0.2, 0.25) is 35.4 Å². The summed E-state index contributed by atoms with van der Waals surface area (Å²) in [5.74, 6) is -3.40. The van der Waals surface area contributed by atoms with Gasteiger partial charge in [-0.1, -0.05) is 88.4 Å². The molecule has 12 nitrogen and oxygen atoms in total. The summed E-state index contributed by atoms with van der Waals surface area (Å²) >= 11 is 0. The Kier molecular flexibility index (Phi) is 14.1. The number of nitrogens with one attached hydrogen (secondary N) is 4. The fourth-order valence-corrected chi connectivity index (χ4v) is 5.84. The molecule has 0 spiro atoms. The Balaban J connectivity index is 1.83. The fraction of sp³-hybridized carbons (Fsp3) is 0.500. The van der Waals surface area contributed by atoms with Gasteiger partial charge in [0, 0.05) is 26.3 Å². The molecule has 6 N–H and O–H groups in total. The summed E-state index contributed by atoms with van der Waals surface area (Å²) < 4.78 is 0. The van der Waals surface area contributed by atoms with E-state index in [1.165, 1.54) is 11.8 Å². The maximum atomic E-state index is 13.8. The maximum absolute atomic E-state index is 13.8. The normalized spacial score (nSPS) is 16.8. The molecule has 2 aromatic carbocycles. The summed E-state index contributed by atoms with van der Waals surface area (Å²) in [5, 5.41) is 11.1. The monoisotopic (exact) mass is 662 g/mol. The van der Waals surface area contributed by atoms with Crippen LogP contribution in [0.15, 0.2) is 60.7 Å². The van der Waals surface area contributed by atoms with Crippen molar-refractivity contribution in [3.05, 3.63) is 71.8 Å². The Bertz CT molecular complexity index is 1420. The molecule has 1 aliphatic rings. The van der Waals surface area contributed by atoms with Crippen LogP contribution in [0.5, 0.6) is 0 Å². The van der Waals surface area contributed by atoms with Crippen LogP contribution in [0.1, 0.15) is 65.0 Å². The van der Waals surface area contributed by atoms with Gasteiger partial charge in [-0.15, -0.1) is 0 Å². The standard InChI is InChI=1S/C36H50N6O6/c1-22(2)19-27(32(37)44)38-33(45)28(20-25-13-8-6-9-14-25)40-36(48)31(23(3)4)41-34(46)29(21-26-15-10-7-11-16-26)39-35(47)30-17-12-18-42(30)24(5)43/h6-11,13-16,22-23,27-31H,12,17-21H2,1-5H3,(H2,37,44)(H,38,45)(H,39,47)(H,40,48)(H,41,46)/t27-,28-,29-,30-,31-/m0/s1. The van der Waals surface area contributed by atoms with E-state index < -0.39 is 65.7 Å². The van der Waals surface area contributed by atoms with E-state index in [9.17, 15) is 28.8 Å². The average Bonchev–Trinajstić information content (AvgIpc) is 3.54. The molecular formula is C36H50N6O6. The van der Waals surface area contributed by atoms with E-state index in [0.29, 0.717) is 25.8 Å². The first kappa shape index (κ1) is 37.7. The zero-order valence-corrected chi connectivity index (χ0v) is 28.5. The van der Waals surface area contributed by atoms with Gasteiger partial charge in [-0.3, -0.25) is 28.8 Å². The van der Waals surface area contributed by atoms with E-state index in [1.54, 1.807) is 13.8 Å². The summed E-state index contributed by atoms with van der Waals surface area (Å²) in [5.41, 5.74) is 7.14. The van der Waals surface area contributed by atoms with Crippen molar-refractivity contribution in [1.82, 2.24) is 26.2 Å². The number of hydrogen-bond acceptors (Lipinski definition) is 6. The lowest BCUT2D eigenvalue weighted by Gasteiger charge is -2.29. The van der Waals surface area contributed by atoms with Crippen molar-refractivity contribution in [2.75, 3.05) is 6.54 Å². The number of amides is 6. The summed E-state index contributed by atoms with van der Waals surface area (Å²) in [7, 11) is 0. The number of rotatable bonds is 16. The van der Waals surface area contributed by atoms with Crippen LogP contribution in [0.2, 0.25) is 0 Å². The van der Waals surface area contributed by atoms with E-state index in [0.717, 1.165) is 11.1 Å². The van der Waals surface area contributed by atoms with Gasteiger partial charge in [0.15, 0.2) is 0 Å². The molecule has 0 aromatic heterocycles. The number of hydrogen-bond donors (Lipinski definition) is 5. The Morgan fingerprint density at radius 3 is 1.71 bits per heavy atom. The number of carbonyl (C=O) groups excluding carboxylic acids is 6. The zero-order chi connectivity index (χ0) is 35.4. The van der Waals surface area contributed by atoms with Crippen LogP contribution in [0.3, 0.4) is 0 Å². The predicted octanol–water partition coefficient (Wildman–Crippen LogP) is 1.61. The van der Waals surface area contributed by atoms with Crippen LogP contribution in [0.25, 0.3) is 0 Å². The quantitative estimate of drug-likeness (QED) is 0.182. The molecule has 6 amide bonds. The first-order valence-electron chi connectivity index (χ1n) is 16.6. The summed E-state index contributed by atoms with van der Waals surface area (Å²) in [6.45, 7) is 9.21. The molecule has 1 aliphatic heterocycles. The molecule has 1 saturated heterocycles. The van der Waals surface area contributed by atoms with Crippen molar-refractivity contribution in [1.29, 1.82) is 0 Å². The number of nitrogens with zero attached hydrogens (tertiary/aromatic N) is 1. The van der Waals surface area contributed by atoms with E-state index >= 15 is 0 Å². The topological polar surface area (TPSA) is 180 Å². The van der Waals surface area contributed by atoms with Crippen LogP contribution in [0, 0.1) is 11.8 Å². The summed E-state index contributed by atoms with van der Waals surface area (Å²) in [6, 6.07) is 13.5. The number of carbonyl (C=O) groups is 6. The van der Waals surface area contributed by atoms with E-state index in [-0.39, 0.29) is 24.7 Å². The largest absolute Gasteiger partial charge is 0.368 e. The van der Waals surface area contributed by atoms with Gasteiger partial charge in [-0.05, 0) is 42.2 Å². The third-order valence-corrected chi connectivity index (χ3v) is 8.41. The minimum atomic E-state index is -1.08. The minimum Gasteiger partial charge on any atom is -0.368 e. The SMILES string of the molecule is CC(=O)N1CCC[C@H]1C(=O)N[C@@H](Cc1ccccc1)C(=O)N[C@H](C(=O)N[C@@H](Cc1ccccc1)C(=O)N[C@@H](CC(C)C)C(N)=O)C(C)C. The van der Waals surface area contributed by atoms with E-state index in [2.05, 4.69) is 21.3 Å². The highest BCUT2D eigenvalue weighted by molar-refractivity contribution is 5.96. The molecule has 260 valence electrons. The molecule has 0 radical (unpaired) electrons. The first-order valence-corrected chi connectivity index (χ1v) is 16.6. The third kappa shape index (κ3) is 11.2. The molecule has 12 heteroatoms. The number of likely N-dealkylation sites (tertiary alicyclic amines) is 1. The molecule has 1 heterocycles. The van der Waals surface area contributed by atoms with Crippen LogP contribution >= 0.6 is 0 Å². The Labute approximate surface area is 283 Å². The maximum Gasteiger partial charge on any atom is 0.243 e. The molecule has 0 bridgehead atoms. The third-order valence-electron chi connectivity index (χ3n) is 8.41. The van der Waals surface area contributed by atoms with Crippen molar-refractivity contribution in [3.8, 4) is 0 Å². The molecule has 0 unspecified atom stereocenters. The van der Waals surface area contributed by atoms with Gasteiger partial charge in [0.1, 0.15) is 30.2 Å². The Morgan fingerprint density at radius 2 is 1.23 bits per heavy atom. The van der Waals surface area contributed by atoms with Crippen LogP contribution in [-0.2, 0) is 41.6 Å². The zero-order valence-electron chi connectivity index (χ0n) is 28.5. The van der Waals surface area contributed by atoms with E-state index in [4.69, 9.17) is 5.73 Å². The number of primary amides is 1.